The van der Waals surface area contributed by atoms with E-state index >= 15 is 0 Å². The summed E-state index contributed by atoms with van der Waals surface area (Å²) in [6.07, 6.45) is 11.7. The molecule has 2 fully saturated rings. The molecule has 2 nitrogen and oxygen atoms in total. The lowest BCUT2D eigenvalue weighted by atomic mass is 9.75. The van der Waals surface area contributed by atoms with E-state index in [0.29, 0.717) is 5.91 Å². The normalized spacial score (nSPS) is 28.9. The predicted octanol–water partition coefficient (Wildman–Crippen LogP) is 4.28. The molecule has 1 aromatic rings. The van der Waals surface area contributed by atoms with Gasteiger partial charge in [-0.15, -0.1) is 11.3 Å². The first-order valence-electron chi connectivity index (χ1n) is 8.72. The van der Waals surface area contributed by atoms with E-state index in [4.69, 9.17) is 0 Å². The van der Waals surface area contributed by atoms with E-state index in [9.17, 15) is 4.79 Å². The molecule has 114 valence electrons. The van der Waals surface area contributed by atoms with Crippen LogP contribution in [-0.2, 0) is 12.8 Å². The molecule has 2 aliphatic carbocycles. The predicted molar refractivity (Wildman–Crippen MR) is 86.9 cm³/mol. The Morgan fingerprint density at radius 2 is 1.86 bits per heavy atom. The largest absolute Gasteiger partial charge is 0.338 e. The molecule has 3 heteroatoms. The van der Waals surface area contributed by atoms with Crippen molar-refractivity contribution in [3.63, 3.8) is 0 Å². The van der Waals surface area contributed by atoms with Gasteiger partial charge in [0.2, 0.25) is 0 Å². The van der Waals surface area contributed by atoms with Gasteiger partial charge in [0, 0.05) is 18.0 Å². The average Bonchev–Trinajstić information content (AvgIpc) is 2.97. The Balaban J connectivity index is 1.48. The van der Waals surface area contributed by atoms with Gasteiger partial charge in [0.1, 0.15) is 0 Å². The SMILES string of the molecule is O=C(c1cc2c(s1)CCCC2)N1CC[C@H]2CCCC[C@@H]2C1. The minimum atomic E-state index is 0.318. The van der Waals surface area contributed by atoms with Crippen molar-refractivity contribution < 1.29 is 4.79 Å². The Bertz CT molecular complexity index is 512. The van der Waals surface area contributed by atoms with Crippen LogP contribution in [0.15, 0.2) is 6.07 Å². The lowest BCUT2D eigenvalue weighted by Crippen LogP contribution is -2.44. The molecule has 2 atom stereocenters. The Labute approximate surface area is 131 Å². The van der Waals surface area contributed by atoms with Crippen molar-refractivity contribution in [2.24, 2.45) is 11.8 Å². The Kier molecular flexibility index (Phi) is 3.78. The fourth-order valence-electron chi connectivity index (χ4n) is 4.54. The summed E-state index contributed by atoms with van der Waals surface area (Å²) in [6, 6.07) is 2.20. The number of fused-ring (bicyclic) bond motifs is 2. The number of likely N-dealkylation sites (tertiary alicyclic amines) is 1. The molecule has 1 saturated heterocycles. The fraction of sp³-hybridized carbons (Fsp3) is 0.722. The number of hydrogen-bond donors (Lipinski definition) is 0. The van der Waals surface area contributed by atoms with Gasteiger partial charge < -0.3 is 4.90 Å². The Morgan fingerprint density at radius 1 is 1.05 bits per heavy atom. The van der Waals surface area contributed by atoms with Crippen molar-refractivity contribution in [1.82, 2.24) is 4.90 Å². The number of hydrogen-bond acceptors (Lipinski definition) is 2. The van der Waals surface area contributed by atoms with Crippen molar-refractivity contribution in [2.45, 2.75) is 57.8 Å². The van der Waals surface area contributed by atoms with Gasteiger partial charge in [0.25, 0.3) is 5.91 Å². The highest BCUT2D eigenvalue weighted by atomic mass is 32.1. The van der Waals surface area contributed by atoms with Gasteiger partial charge >= 0.3 is 0 Å². The van der Waals surface area contributed by atoms with E-state index in [-0.39, 0.29) is 0 Å². The summed E-state index contributed by atoms with van der Waals surface area (Å²) in [4.78, 5) is 17.5. The van der Waals surface area contributed by atoms with Crippen molar-refractivity contribution >= 4 is 17.2 Å². The number of amides is 1. The number of carbonyl (C=O) groups is 1. The molecule has 3 aliphatic rings. The quantitative estimate of drug-likeness (QED) is 0.758. The van der Waals surface area contributed by atoms with Crippen LogP contribution in [0.4, 0.5) is 0 Å². The Morgan fingerprint density at radius 3 is 2.71 bits per heavy atom. The first-order valence-corrected chi connectivity index (χ1v) is 9.54. The summed E-state index contributed by atoms with van der Waals surface area (Å²) in [5.74, 6) is 2.00. The third-order valence-electron chi connectivity index (χ3n) is 5.79. The third-order valence-corrected chi connectivity index (χ3v) is 7.01. The topological polar surface area (TPSA) is 20.3 Å². The smallest absolute Gasteiger partial charge is 0.263 e. The zero-order valence-electron chi connectivity index (χ0n) is 12.8. The van der Waals surface area contributed by atoms with E-state index in [1.807, 2.05) is 0 Å². The number of thiophene rings is 1. The molecule has 1 amide bonds. The third kappa shape index (κ3) is 2.65. The van der Waals surface area contributed by atoms with Crippen LogP contribution in [0, 0.1) is 11.8 Å². The van der Waals surface area contributed by atoms with Gasteiger partial charge in [-0.25, -0.2) is 0 Å². The van der Waals surface area contributed by atoms with E-state index in [1.165, 1.54) is 68.2 Å². The number of aryl methyl sites for hydroxylation is 2. The first-order chi connectivity index (χ1) is 10.3. The van der Waals surface area contributed by atoms with Gasteiger partial charge in [0.15, 0.2) is 0 Å². The zero-order valence-corrected chi connectivity index (χ0v) is 13.6. The summed E-state index contributed by atoms with van der Waals surface area (Å²) in [7, 11) is 0. The first kappa shape index (κ1) is 13.8. The van der Waals surface area contributed by atoms with Crippen molar-refractivity contribution in [3.8, 4) is 0 Å². The highest BCUT2D eigenvalue weighted by molar-refractivity contribution is 7.14. The molecule has 0 bridgehead atoms. The van der Waals surface area contributed by atoms with Gasteiger partial charge in [0.05, 0.1) is 4.88 Å². The van der Waals surface area contributed by atoms with Gasteiger partial charge in [-0.3, -0.25) is 4.79 Å². The number of carbonyl (C=O) groups excluding carboxylic acids is 1. The molecule has 0 aromatic carbocycles. The highest BCUT2D eigenvalue weighted by Crippen LogP contribution is 2.37. The second kappa shape index (κ2) is 5.75. The molecule has 2 heterocycles. The standard InChI is InChI=1S/C18H25NOS/c20-18(17-11-14-6-3-4-8-16(14)21-17)19-10-9-13-5-1-2-7-15(13)12-19/h11,13,15H,1-10,12H2/t13-,15-/m1/s1. The molecule has 0 unspecified atom stereocenters. The van der Waals surface area contributed by atoms with Crippen molar-refractivity contribution in [1.29, 1.82) is 0 Å². The monoisotopic (exact) mass is 303 g/mol. The van der Waals surface area contributed by atoms with Crippen LogP contribution >= 0.6 is 11.3 Å². The number of piperidine rings is 1. The molecule has 0 N–H and O–H groups in total. The van der Waals surface area contributed by atoms with Gasteiger partial charge in [-0.05, 0) is 62.0 Å². The molecular weight excluding hydrogens is 278 g/mol. The van der Waals surface area contributed by atoms with Gasteiger partial charge in [-0.2, -0.15) is 0 Å². The van der Waals surface area contributed by atoms with E-state index < -0.39 is 0 Å². The lowest BCUT2D eigenvalue weighted by molar-refractivity contribution is 0.0525. The summed E-state index contributed by atoms with van der Waals surface area (Å²) >= 11 is 1.78. The highest BCUT2D eigenvalue weighted by Gasteiger charge is 2.33. The lowest BCUT2D eigenvalue weighted by Gasteiger charge is -2.41. The molecule has 1 saturated carbocycles. The van der Waals surface area contributed by atoms with Crippen LogP contribution in [-0.4, -0.2) is 23.9 Å². The van der Waals surface area contributed by atoms with E-state index in [0.717, 1.165) is 29.8 Å². The summed E-state index contributed by atoms with van der Waals surface area (Å²) < 4.78 is 0. The van der Waals surface area contributed by atoms with E-state index in [1.54, 1.807) is 11.3 Å². The fourth-order valence-corrected chi connectivity index (χ4v) is 5.76. The molecule has 0 spiro atoms. The summed E-state index contributed by atoms with van der Waals surface area (Å²) in [5.41, 5.74) is 1.46. The zero-order chi connectivity index (χ0) is 14.2. The molecule has 0 radical (unpaired) electrons. The van der Waals surface area contributed by atoms with Crippen molar-refractivity contribution in [2.75, 3.05) is 13.1 Å². The average molecular weight is 303 g/mol. The number of rotatable bonds is 1. The molecule has 1 aliphatic heterocycles. The second-order valence-corrected chi connectivity index (χ2v) is 8.25. The number of nitrogens with zero attached hydrogens (tertiary/aromatic N) is 1. The molecule has 4 rings (SSSR count). The van der Waals surface area contributed by atoms with Crippen LogP contribution in [0.25, 0.3) is 0 Å². The van der Waals surface area contributed by atoms with Crippen LogP contribution in [0.3, 0.4) is 0 Å². The van der Waals surface area contributed by atoms with Crippen LogP contribution < -0.4 is 0 Å². The molecule has 1 aromatic heterocycles. The minimum Gasteiger partial charge on any atom is -0.338 e. The maximum Gasteiger partial charge on any atom is 0.263 e. The van der Waals surface area contributed by atoms with Crippen molar-refractivity contribution in [3.05, 3.63) is 21.4 Å². The molecule has 21 heavy (non-hydrogen) atoms. The van der Waals surface area contributed by atoms with Gasteiger partial charge in [-0.1, -0.05) is 19.3 Å². The summed E-state index contributed by atoms with van der Waals surface area (Å²) in [6.45, 7) is 2.01. The second-order valence-electron chi connectivity index (χ2n) is 7.11. The van der Waals surface area contributed by atoms with Crippen LogP contribution in [0.1, 0.15) is 65.1 Å². The maximum atomic E-state index is 12.8. The molecular formula is C18H25NOS. The van der Waals surface area contributed by atoms with Crippen LogP contribution in [0.2, 0.25) is 0 Å². The van der Waals surface area contributed by atoms with E-state index in [2.05, 4.69) is 11.0 Å². The minimum absolute atomic E-state index is 0.318. The summed E-state index contributed by atoms with van der Waals surface area (Å²) in [5, 5.41) is 0. The van der Waals surface area contributed by atoms with Crippen LogP contribution in [0.5, 0.6) is 0 Å². The maximum absolute atomic E-state index is 12.8. The Hall–Kier alpha value is -0.830.